The highest BCUT2D eigenvalue weighted by molar-refractivity contribution is 5.36. The van der Waals surface area contributed by atoms with Crippen LogP contribution in [0.3, 0.4) is 0 Å². The van der Waals surface area contributed by atoms with Gasteiger partial charge in [-0.25, -0.2) is 0 Å². The molecule has 0 aliphatic rings. The number of hydrogen-bond donors (Lipinski definition) is 1. The number of nitrogens with one attached hydrogen (secondary N) is 1. The maximum absolute atomic E-state index is 5.65. The first-order chi connectivity index (χ1) is 7.69. The highest BCUT2D eigenvalue weighted by atomic mass is 16.5. The summed E-state index contributed by atoms with van der Waals surface area (Å²) in [5.74, 6) is 1.55. The van der Waals surface area contributed by atoms with Crippen LogP contribution in [0, 0.1) is 0 Å². The van der Waals surface area contributed by atoms with Crippen molar-refractivity contribution < 1.29 is 4.74 Å². The molecular weight excluding hydrogens is 198 g/mol. The Bertz CT molecular complexity index is 311. The van der Waals surface area contributed by atoms with E-state index in [-0.39, 0.29) is 0 Å². The average molecular weight is 221 g/mol. The zero-order valence-electron chi connectivity index (χ0n) is 10.8. The molecule has 16 heavy (non-hydrogen) atoms. The molecule has 0 fully saturated rings. The normalized spacial score (nSPS) is 14.5. The summed E-state index contributed by atoms with van der Waals surface area (Å²) in [4.78, 5) is 0. The predicted octanol–water partition coefficient (Wildman–Crippen LogP) is 3.19. The Kier molecular flexibility index (Phi) is 5.33. The largest absolute Gasteiger partial charge is 0.494 e. The lowest BCUT2D eigenvalue weighted by atomic mass is 9.94. The van der Waals surface area contributed by atoms with Crippen molar-refractivity contribution in [1.82, 2.24) is 5.32 Å². The van der Waals surface area contributed by atoms with Gasteiger partial charge in [0.2, 0.25) is 0 Å². The van der Waals surface area contributed by atoms with Crippen molar-refractivity contribution in [2.75, 3.05) is 13.7 Å². The molecule has 0 spiro atoms. The maximum atomic E-state index is 5.65. The number of benzene rings is 1. The van der Waals surface area contributed by atoms with Gasteiger partial charge in [0, 0.05) is 6.04 Å². The summed E-state index contributed by atoms with van der Waals surface area (Å²) in [6.07, 6.45) is 1.13. The first-order valence-corrected chi connectivity index (χ1v) is 6.08. The van der Waals surface area contributed by atoms with E-state index in [4.69, 9.17) is 4.74 Å². The standard InChI is InChI=1S/C14H23NO/c1-5-16-14-9-7-6-8-13(14)11(2)10-12(3)15-4/h6-9,11-12,15H,5,10H2,1-4H3. The third-order valence-corrected chi connectivity index (χ3v) is 2.95. The van der Waals surface area contributed by atoms with Crippen LogP contribution >= 0.6 is 0 Å². The molecule has 0 amide bonds. The second-order valence-corrected chi connectivity index (χ2v) is 4.30. The molecule has 0 aromatic heterocycles. The summed E-state index contributed by atoms with van der Waals surface area (Å²) < 4.78 is 5.65. The lowest BCUT2D eigenvalue weighted by Gasteiger charge is -2.19. The molecule has 0 saturated carbocycles. The zero-order valence-corrected chi connectivity index (χ0v) is 10.8. The van der Waals surface area contributed by atoms with E-state index in [0.717, 1.165) is 18.8 Å². The Balaban J connectivity index is 2.77. The summed E-state index contributed by atoms with van der Waals surface area (Å²) in [7, 11) is 2.01. The van der Waals surface area contributed by atoms with Crippen LogP contribution in [-0.2, 0) is 0 Å². The summed E-state index contributed by atoms with van der Waals surface area (Å²) in [5.41, 5.74) is 1.31. The number of ether oxygens (including phenoxy) is 1. The van der Waals surface area contributed by atoms with Crippen molar-refractivity contribution in [2.45, 2.75) is 39.2 Å². The Morgan fingerprint density at radius 2 is 1.94 bits per heavy atom. The first kappa shape index (κ1) is 13.0. The molecule has 0 radical (unpaired) electrons. The van der Waals surface area contributed by atoms with Gasteiger partial charge < -0.3 is 10.1 Å². The van der Waals surface area contributed by atoms with Crippen LogP contribution in [0.2, 0.25) is 0 Å². The number of rotatable bonds is 6. The van der Waals surface area contributed by atoms with Crippen LogP contribution < -0.4 is 10.1 Å². The van der Waals surface area contributed by atoms with E-state index >= 15 is 0 Å². The van der Waals surface area contributed by atoms with Gasteiger partial charge in [0.25, 0.3) is 0 Å². The van der Waals surface area contributed by atoms with E-state index in [0.29, 0.717) is 12.0 Å². The van der Waals surface area contributed by atoms with E-state index in [9.17, 15) is 0 Å². The molecule has 2 heteroatoms. The van der Waals surface area contributed by atoms with Crippen LogP contribution in [0.4, 0.5) is 0 Å². The predicted molar refractivity (Wildman–Crippen MR) is 69.2 cm³/mol. The number of para-hydroxylation sites is 1. The van der Waals surface area contributed by atoms with Gasteiger partial charge in [-0.1, -0.05) is 25.1 Å². The van der Waals surface area contributed by atoms with Crippen molar-refractivity contribution >= 4 is 0 Å². The topological polar surface area (TPSA) is 21.3 Å². The van der Waals surface area contributed by atoms with E-state index in [1.54, 1.807) is 0 Å². The molecule has 1 aromatic carbocycles. The van der Waals surface area contributed by atoms with E-state index in [1.807, 2.05) is 20.0 Å². The molecule has 2 unspecified atom stereocenters. The molecule has 90 valence electrons. The van der Waals surface area contributed by atoms with Crippen molar-refractivity contribution in [1.29, 1.82) is 0 Å². The van der Waals surface area contributed by atoms with E-state index < -0.39 is 0 Å². The Morgan fingerprint density at radius 1 is 1.25 bits per heavy atom. The second-order valence-electron chi connectivity index (χ2n) is 4.30. The number of hydrogen-bond acceptors (Lipinski definition) is 2. The molecule has 0 aliphatic carbocycles. The van der Waals surface area contributed by atoms with Gasteiger partial charge in [0.05, 0.1) is 6.61 Å². The van der Waals surface area contributed by atoms with Gasteiger partial charge in [-0.15, -0.1) is 0 Å². The average Bonchev–Trinajstić information content (AvgIpc) is 2.30. The maximum Gasteiger partial charge on any atom is 0.122 e. The Labute approximate surface area is 99.0 Å². The first-order valence-electron chi connectivity index (χ1n) is 6.08. The van der Waals surface area contributed by atoms with Gasteiger partial charge in [-0.2, -0.15) is 0 Å². The minimum atomic E-state index is 0.519. The second kappa shape index (κ2) is 6.54. The third kappa shape index (κ3) is 3.53. The quantitative estimate of drug-likeness (QED) is 0.796. The summed E-state index contributed by atoms with van der Waals surface area (Å²) >= 11 is 0. The van der Waals surface area contributed by atoms with Gasteiger partial charge in [0.1, 0.15) is 5.75 Å². The van der Waals surface area contributed by atoms with Gasteiger partial charge in [0.15, 0.2) is 0 Å². The van der Waals surface area contributed by atoms with Crippen molar-refractivity contribution in [3.8, 4) is 5.75 Å². The molecule has 2 atom stereocenters. The van der Waals surface area contributed by atoms with Crippen LogP contribution in [0.1, 0.15) is 38.7 Å². The van der Waals surface area contributed by atoms with Crippen molar-refractivity contribution in [3.63, 3.8) is 0 Å². The molecule has 0 bridgehead atoms. The molecule has 1 N–H and O–H groups in total. The van der Waals surface area contributed by atoms with Crippen LogP contribution in [0.15, 0.2) is 24.3 Å². The fourth-order valence-corrected chi connectivity index (χ4v) is 1.95. The minimum absolute atomic E-state index is 0.519. The molecule has 0 aliphatic heterocycles. The van der Waals surface area contributed by atoms with Crippen molar-refractivity contribution in [2.24, 2.45) is 0 Å². The highest BCUT2D eigenvalue weighted by Crippen LogP contribution is 2.29. The monoisotopic (exact) mass is 221 g/mol. The molecule has 0 saturated heterocycles. The molecule has 1 rings (SSSR count). The SMILES string of the molecule is CCOc1ccccc1C(C)CC(C)NC. The van der Waals surface area contributed by atoms with Crippen LogP contribution in [0.25, 0.3) is 0 Å². The summed E-state index contributed by atoms with van der Waals surface area (Å²) in [6, 6.07) is 8.86. The third-order valence-electron chi connectivity index (χ3n) is 2.95. The summed E-state index contributed by atoms with van der Waals surface area (Å²) in [6.45, 7) is 7.22. The smallest absolute Gasteiger partial charge is 0.122 e. The molecule has 1 aromatic rings. The molecule has 0 heterocycles. The highest BCUT2D eigenvalue weighted by Gasteiger charge is 2.13. The zero-order chi connectivity index (χ0) is 12.0. The lowest BCUT2D eigenvalue weighted by Crippen LogP contribution is -2.23. The fourth-order valence-electron chi connectivity index (χ4n) is 1.95. The lowest BCUT2D eigenvalue weighted by molar-refractivity contribution is 0.333. The van der Waals surface area contributed by atoms with Gasteiger partial charge in [-0.3, -0.25) is 0 Å². The van der Waals surface area contributed by atoms with E-state index in [1.165, 1.54) is 5.56 Å². The van der Waals surface area contributed by atoms with Gasteiger partial charge in [-0.05, 0) is 44.9 Å². The molecule has 2 nitrogen and oxygen atoms in total. The Hall–Kier alpha value is -1.02. The summed E-state index contributed by atoms with van der Waals surface area (Å²) in [5, 5.41) is 3.28. The van der Waals surface area contributed by atoms with Crippen molar-refractivity contribution in [3.05, 3.63) is 29.8 Å². The minimum Gasteiger partial charge on any atom is -0.494 e. The van der Waals surface area contributed by atoms with E-state index in [2.05, 4.69) is 37.4 Å². The van der Waals surface area contributed by atoms with Crippen LogP contribution in [0.5, 0.6) is 5.75 Å². The Morgan fingerprint density at radius 3 is 2.56 bits per heavy atom. The van der Waals surface area contributed by atoms with Gasteiger partial charge >= 0.3 is 0 Å². The molecular formula is C14H23NO. The van der Waals surface area contributed by atoms with Crippen LogP contribution in [-0.4, -0.2) is 19.7 Å². The fraction of sp³-hybridized carbons (Fsp3) is 0.571.